The topological polar surface area (TPSA) is 50.7 Å². The predicted octanol–water partition coefficient (Wildman–Crippen LogP) is 5.73. The maximum Gasteiger partial charge on any atom is 0.244 e. The minimum Gasteiger partial charge on any atom is -0.488 e. The number of hydrogen-bond acceptors (Lipinski definition) is 3. The molecule has 4 nitrogen and oxygen atoms in total. The second kappa shape index (κ2) is 9.92. The molecule has 0 saturated carbocycles. The molecule has 0 bridgehead atoms. The highest BCUT2D eigenvalue weighted by atomic mass is 16.5. The SMILES string of the molecule is Cc1ccc(CC(=O)N/N=C/c2c(OCc3ccccc3)ccc3ccccc23)c(C)c1. The van der Waals surface area contributed by atoms with Crippen molar-refractivity contribution in [3.05, 3.63) is 113 Å². The molecule has 0 fully saturated rings. The first-order chi connectivity index (χ1) is 15.6. The average Bonchev–Trinajstić information content (AvgIpc) is 2.81. The molecule has 0 saturated heterocycles. The molecular weight excluding hydrogens is 396 g/mol. The molecule has 0 aromatic heterocycles. The molecule has 32 heavy (non-hydrogen) atoms. The van der Waals surface area contributed by atoms with E-state index in [9.17, 15) is 4.79 Å². The van der Waals surface area contributed by atoms with Crippen LogP contribution in [0.25, 0.3) is 10.8 Å². The zero-order chi connectivity index (χ0) is 22.3. The second-order valence-corrected chi connectivity index (χ2v) is 7.87. The van der Waals surface area contributed by atoms with E-state index in [-0.39, 0.29) is 12.3 Å². The average molecular weight is 423 g/mol. The minimum atomic E-state index is -0.153. The Morgan fingerprint density at radius 3 is 2.53 bits per heavy atom. The molecule has 0 atom stereocenters. The summed E-state index contributed by atoms with van der Waals surface area (Å²) in [6, 6.07) is 28.2. The van der Waals surface area contributed by atoms with E-state index in [4.69, 9.17) is 4.74 Å². The summed E-state index contributed by atoms with van der Waals surface area (Å²) in [6.07, 6.45) is 1.96. The van der Waals surface area contributed by atoms with Crippen molar-refractivity contribution in [1.29, 1.82) is 0 Å². The molecule has 4 rings (SSSR count). The van der Waals surface area contributed by atoms with E-state index in [0.29, 0.717) is 6.61 Å². The van der Waals surface area contributed by atoms with Crippen molar-refractivity contribution in [1.82, 2.24) is 5.43 Å². The fourth-order valence-electron chi connectivity index (χ4n) is 3.70. The summed E-state index contributed by atoms with van der Waals surface area (Å²) in [4.78, 5) is 12.4. The number of benzene rings is 4. The number of amides is 1. The van der Waals surface area contributed by atoms with Gasteiger partial charge in [-0.2, -0.15) is 5.10 Å². The van der Waals surface area contributed by atoms with Gasteiger partial charge in [-0.1, -0.05) is 84.4 Å². The Hall–Kier alpha value is -3.92. The van der Waals surface area contributed by atoms with Crippen molar-refractivity contribution in [3.63, 3.8) is 0 Å². The monoisotopic (exact) mass is 422 g/mol. The normalized spacial score (nSPS) is 11.1. The maximum absolute atomic E-state index is 12.4. The lowest BCUT2D eigenvalue weighted by atomic mass is 10.0. The molecular formula is C28H26N2O2. The first-order valence-electron chi connectivity index (χ1n) is 10.7. The van der Waals surface area contributed by atoms with E-state index >= 15 is 0 Å². The zero-order valence-corrected chi connectivity index (χ0v) is 18.3. The van der Waals surface area contributed by atoms with Crippen molar-refractivity contribution >= 4 is 22.9 Å². The van der Waals surface area contributed by atoms with E-state index in [2.05, 4.69) is 16.6 Å². The second-order valence-electron chi connectivity index (χ2n) is 7.87. The summed E-state index contributed by atoms with van der Waals surface area (Å²) in [5.41, 5.74) is 7.88. The summed E-state index contributed by atoms with van der Waals surface area (Å²) < 4.78 is 6.11. The molecule has 0 spiro atoms. The lowest BCUT2D eigenvalue weighted by Gasteiger charge is -2.12. The van der Waals surface area contributed by atoms with Crippen LogP contribution in [0.5, 0.6) is 5.75 Å². The van der Waals surface area contributed by atoms with Gasteiger partial charge in [-0.15, -0.1) is 0 Å². The number of carbonyl (C=O) groups excluding carboxylic acids is 1. The highest BCUT2D eigenvalue weighted by molar-refractivity contribution is 6.02. The van der Waals surface area contributed by atoms with E-state index < -0.39 is 0 Å². The lowest BCUT2D eigenvalue weighted by molar-refractivity contribution is -0.120. The van der Waals surface area contributed by atoms with Crippen LogP contribution < -0.4 is 10.2 Å². The van der Waals surface area contributed by atoms with Crippen molar-refractivity contribution in [2.24, 2.45) is 5.10 Å². The van der Waals surface area contributed by atoms with Gasteiger partial charge in [0.1, 0.15) is 12.4 Å². The molecule has 0 aliphatic heterocycles. The van der Waals surface area contributed by atoms with E-state index in [1.165, 1.54) is 5.56 Å². The van der Waals surface area contributed by atoms with Gasteiger partial charge >= 0.3 is 0 Å². The standard InChI is InChI=1S/C28H26N2O2/c1-20-12-13-24(21(2)16-20)17-28(31)30-29-18-26-25-11-7-6-10-23(25)14-15-27(26)32-19-22-8-4-3-5-9-22/h3-16,18H,17,19H2,1-2H3,(H,30,31)/b29-18+. The molecule has 0 heterocycles. The van der Waals surface area contributed by atoms with Crippen LogP contribution in [0.3, 0.4) is 0 Å². The number of fused-ring (bicyclic) bond motifs is 1. The van der Waals surface area contributed by atoms with Crippen LogP contribution in [0.4, 0.5) is 0 Å². The molecule has 4 heteroatoms. The fraction of sp³-hybridized carbons (Fsp3) is 0.143. The van der Waals surface area contributed by atoms with Gasteiger partial charge in [-0.05, 0) is 47.4 Å². The number of ether oxygens (including phenoxy) is 1. The van der Waals surface area contributed by atoms with Gasteiger partial charge in [0.2, 0.25) is 5.91 Å². The zero-order valence-electron chi connectivity index (χ0n) is 18.3. The minimum absolute atomic E-state index is 0.153. The summed E-state index contributed by atoms with van der Waals surface area (Å²) >= 11 is 0. The quantitative estimate of drug-likeness (QED) is 0.305. The smallest absolute Gasteiger partial charge is 0.244 e. The van der Waals surface area contributed by atoms with Crippen molar-refractivity contribution < 1.29 is 9.53 Å². The van der Waals surface area contributed by atoms with E-state index in [1.54, 1.807) is 6.21 Å². The molecule has 1 amide bonds. The maximum atomic E-state index is 12.4. The highest BCUT2D eigenvalue weighted by Crippen LogP contribution is 2.27. The molecule has 0 unspecified atom stereocenters. The Kier molecular flexibility index (Phi) is 6.61. The van der Waals surface area contributed by atoms with Gasteiger partial charge in [-0.25, -0.2) is 5.43 Å². The van der Waals surface area contributed by atoms with Crippen LogP contribution in [0.1, 0.15) is 27.8 Å². The third-order valence-electron chi connectivity index (χ3n) is 5.40. The third-order valence-corrected chi connectivity index (χ3v) is 5.40. The van der Waals surface area contributed by atoms with Crippen LogP contribution in [-0.4, -0.2) is 12.1 Å². The first-order valence-corrected chi connectivity index (χ1v) is 10.7. The highest BCUT2D eigenvalue weighted by Gasteiger charge is 2.09. The summed E-state index contributed by atoms with van der Waals surface area (Å²) in [6.45, 7) is 4.52. The number of rotatable bonds is 7. The third kappa shape index (κ3) is 5.22. The summed E-state index contributed by atoms with van der Waals surface area (Å²) in [7, 11) is 0. The Labute approximate surface area is 188 Å². The van der Waals surface area contributed by atoms with Gasteiger partial charge in [0, 0.05) is 5.56 Å². The van der Waals surface area contributed by atoms with Gasteiger partial charge < -0.3 is 4.74 Å². The molecule has 0 aliphatic carbocycles. The van der Waals surface area contributed by atoms with Gasteiger partial charge in [-0.3, -0.25) is 4.79 Å². The number of carbonyl (C=O) groups is 1. The van der Waals surface area contributed by atoms with Crippen molar-refractivity contribution in [3.8, 4) is 5.75 Å². The van der Waals surface area contributed by atoms with Crippen LogP contribution in [0.2, 0.25) is 0 Å². The lowest BCUT2D eigenvalue weighted by Crippen LogP contribution is -2.20. The van der Waals surface area contributed by atoms with E-state index in [1.807, 2.05) is 92.7 Å². The molecule has 1 N–H and O–H groups in total. The number of nitrogens with one attached hydrogen (secondary N) is 1. The summed E-state index contributed by atoms with van der Waals surface area (Å²) in [5.74, 6) is 0.570. The summed E-state index contributed by atoms with van der Waals surface area (Å²) in [5, 5.41) is 6.35. The number of nitrogens with zero attached hydrogens (tertiary/aromatic N) is 1. The fourth-order valence-corrected chi connectivity index (χ4v) is 3.70. The number of hydrazone groups is 1. The Bertz CT molecular complexity index is 1260. The Morgan fingerprint density at radius 1 is 0.938 bits per heavy atom. The van der Waals surface area contributed by atoms with Gasteiger partial charge in [0.15, 0.2) is 0 Å². The molecule has 0 radical (unpaired) electrons. The molecule has 160 valence electrons. The Morgan fingerprint density at radius 2 is 1.72 bits per heavy atom. The van der Waals surface area contributed by atoms with Crippen LogP contribution in [0, 0.1) is 13.8 Å². The predicted molar refractivity (Wildman–Crippen MR) is 130 cm³/mol. The largest absolute Gasteiger partial charge is 0.488 e. The molecule has 4 aromatic carbocycles. The van der Waals surface area contributed by atoms with Crippen LogP contribution >= 0.6 is 0 Å². The number of aryl methyl sites for hydroxylation is 2. The van der Waals surface area contributed by atoms with E-state index in [0.717, 1.165) is 38.8 Å². The van der Waals surface area contributed by atoms with Crippen molar-refractivity contribution in [2.75, 3.05) is 0 Å². The van der Waals surface area contributed by atoms with Crippen LogP contribution in [0.15, 0.2) is 90.0 Å². The van der Waals surface area contributed by atoms with Crippen molar-refractivity contribution in [2.45, 2.75) is 26.9 Å². The first kappa shape index (κ1) is 21.3. The van der Waals surface area contributed by atoms with Crippen LogP contribution in [-0.2, 0) is 17.8 Å². The number of hydrogen-bond donors (Lipinski definition) is 1. The molecule has 0 aliphatic rings. The van der Waals surface area contributed by atoms with Gasteiger partial charge in [0.05, 0.1) is 12.6 Å². The molecule has 4 aromatic rings. The van der Waals surface area contributed by atoms with Gasteiger partial charge in [0.25, 0.3) is 0 Å². The Balaban J connectivity index is 1.52.